The summed E-state index contributed by atoms with van der Waals surface area (Å²) >= 11 is 1.13. The van der Waals surface area contributed by atoms with Crippen molar-refractivity contribution in [2.75, 3.05) is 12.4 Å². The summed E-state index contributed by atoms with van der Waals surface area (Å²) in [7, 11) is 0. The minimum absolute atomic E-state index is 0.216. The van der Waals surface area contributed by atoms with E-state index in [4.69, 9.17) is 30.1 Å². The van der Waals surface area contributed by atoms with Gasteiger partial charge in [-0.25, -0.2) is 0 Å². The van der Waals surface area contributed by atoms with E-state index in [-0.39, 0.29) is 12.4 Å². The van der Waals surface area contributed by atoms with E-state index in [1.165, 1.54) is 13.8 Å². The SMILES string of the molecule is C#CCSC1OC(COC(C)=O)C(OC(C)=O)C(OC(C)=O)C1OC(C)=O. The van der Waals surface area contributed by atoms with Gasteiger partial charge in [0.05, 0.1) is 5.75 Å². The number of carbonyl (C=O) groups excluding carboxylic acids is 4. The van der Waals surface area contributed by atoms with Crippen molar-refractivity contribution in [3.8, 4) is 12.3 Å². The van der Waals surface area contributed by atoms with Crippen LogP contribution in [-0.4, -0.2) is 66.1 Å². The van der Waals surface area contributed by atoms with Crippen LogP contribution in [0.15, 0.2) is 0 Å². The Morgan fingerprint density at radius 1 is 0.889 bits per heavy atom. The summed E-state index contributed by atoms with van der Waals surface area (Å²) in [6, 6.07) is 0. The molecule has 1 heterocycles. The fourth-order valence-corrected chi connectivity index (χ4v) is 3.33. The van der Waals surface area contributed by atoms with Crippen LogP contribution in [0.1, 0.15) is 27.7 Å². The highest BCUT2D eigenvalue weighted by Gasteiger charge is 2.52. The number of esters is 4. The highest BCUT2D eigenvalue weighted by Crippen LogP contribution is 2.34. The molecule has 0 aliphatic carbocycles. The van der Waals surface area contributed by atoms with Crippen molar-refractivity contribution < 1.29 is 42.9 Å². The van der Waals surface area contributed by atoms with Gasteiger partial charge in [-0.15, -0.1) is 18.2 Å². The first-order chi connectivity index (χ1) is 12.6. The first-order valence-corrected chi connectivity index (χ1v) is 9.06. The molecule has 10 heteroatoms. The second kappa shape index (κ2) is 10.8. The molecular weight excluding hydrogens is 380 g/mol. The molecule has 0 bridgehead atoms. The van der Waals surface area contributed by atoms with Crippen molar-refractivity contribution in [2.45, 2.75) is 57.5 Å². The molecule has 5 unspecified atom stereocenters. The van der Waals surface area contributed by atoms with E-state index in [0.29, 0.717) is 0 Å². The zero-order valence-corrected chi connectivity index (χ0v) is 16.3. The van der Waals surface area contributed by atoms with Gasteiger partial charge in [0.2, 0.25) is 0 Å². The van der Waals surface area contributed by atoms with Gasteiger partial charge in [0.25, 0.3) is 0 Å². The third-order valence-corrected chi connectivity index (χ3v) is 4.32. The summed E-state index contributed by atoms with van der Waals surface area (Å²) < 4.78 is 26.6. The van der Waals surface area contributed by atoms with Crippen molar-refractivity contribution in [1.29, 1.82) is 0 Å². The van der Waals surface area contributed by atoms with Gasteiger partial charge in [-0.1, -0.05) is 5.92 Å². The van der Waals surface area contributed by atoms with Crippen LogP contribution in [0.3, 0.4) is 0 Å². The number of terminal acetylenes is 1. The molecule has 0 amide bonds. The van der Waals surface area contributed by atoms with Gasteiger partial charge in [0.1, 0.15) is 18.1 Å². The van der Waals surface area contributed by atoms with Gasteiger partial charge in [-0.2, -0.15) is 0 Å². The van der Waals surface area contributed by atoms with Gasteiger partial charge < -0.3 is 23.7 Å². The van der Waals surface area contributed by atoms with Gasteiger partial charge in [-0.05, 0) is 0 Å². The lowest BCUT2D eigenvalue weighted by Gasteiger charge is -2.44. The van der Waals surface area contributed by atoms with Crippen LogP contribution in [0, 0.1) is 12.3 Å². The molecule has 1 fully saturated rings. The number of carbonyl (C=O) groups is 4. The molecule has 150 valence electrons. The molecule has 0 aromatic rings. The Balaban J connectivity index is 3.25. The van der Waals surface area contributed by atoms with E-state index in [9.17, 15) is 19.2 Å². The second-order valence-electron chi connectivity index (χ2n) is 5.58. The zero-order valence-electron chi connectivity index (χ0n) is 15.5. The highest BCUT2D eigenvalue weighted by atomic mass is 32.2. The molecule has 9 nitrogen and oxygen atoms in total. The summed E-state index contributed by atoms with van der Waals surface area (Å²) in [4.78, 5) is 45.9. The van der Waals surface area contributed by atoms with Gasteiger partial charge in [-0.3, -0.25) is 19.2 Å². The zero-order chi connectivity index (χ0) is 20.6. The van der Waals surface area contributed by atoms with Crippen LogP contribution in [0.5, 0.6) is 0 Å². The minimum Gasteiger partial charge on any atom is -0.463 e. The van der Waals surface area contributed by atoms with Crippen LogP contribution < -0.4 is 0 Å². The van der Waals surface area contributed by atoms with Crippen molar-refractivity contribution >= 4 is 35.6 Å². The van der Waals surface area contributed by atoms with Gasteiger partial charge >= 0.3 is 23.9 Å². The Kier molecular flexibility index (Phi) is 9.11. The van der Waals surface area contributed by atoms with Crippen molar-refractivity contribution in [3.63, 3.8) is 0 Å². The molecule has 1 saturated heterocycles. The smallest absolute Gasteiger partial charge is 0.303 e. The minimum atomic E-state index is -1.17. The predicted molar refractivity (Wildman–Crippen MR) is 93.2 cm³/mol. The molecule has 1 aliphatic rings. The normalized spacial score (nSPS) is 27.0. The molecule has 0 saturated carbocycles. The molecule has 1 aliphatic heterocycles. The molecule has 5 atom stereocenters. The quantitative estimate of drug-likeness (QED) is 0.337. The molecule has 0 N–H and O–H groups in total. The second-order valence-corrected chi connectivity index (χ2v) is 6.67. The Morgan fingerprint density at radius 2 is 1.41 bits per heavy atom. The molecule has 0 radical (unpaired) electrons. The van der Waals surface area contributed by atoms with E-state index in [1.54, 1.807) is 0 Å². The first-order valence-electron chi connectivity index (χ1n) is 8.01. The van der Waals surface area contributed by atoms with E-state index in [1.807, 2.05) is 0 Å². The number of hydrogen-bond acceptors (Lipinski definition) is 10. The van der Waals surface area contributed by atoms with Crippen molar-refractivity contribution in [3.05, 3.63) is 0 Å². The Bertz CT molecular complexity index is 612. The predicted octanol–water partition coefficient (Wildman–Crippen LogP) is 0.436. The van der Waals surface area contributed by atoms with Gasteiger partial charge in [0, 0.05) is 27.7 Å². The summed E-state index contributed by atoms with van der Waals surface area (Å²) in [5.74, 6) is 0.0628. The maximum Gasteiger partial charge on any atom is 0.303 e. The molecule has 27 heavy (non-hydrogen) atoms. The molecule has 0 aromatic heterocycles. The number of rotatable bonds is 7. The fourth-order valence-electron chi connectivity index (χ4n) is 2.45. The van der Waals surface area contributed by atoms with Crippen LogP contribution in [-0.2, 0) is 42.9 Å². The van der Waals surface area contributed by atoms with E-state index in [0.717, 1.165) is 25.6 Å². The summed E-state index contributed by atoms with van der Waals surface area (Å²) in [6.45, 7) is 4.45. The number of ether oxygens (including phenoxy) is 5. The van der Waals surface area contributed by atoms with Gasteiger partial charge in [0.15, 0.2) is 18.3 Å². The Hall–Kier alpha value is -2.25. The maximum atomic E-state index is 11.6. The monoisotopic (exact) mass is 402 g/mol. The van der Waals surface area contributed by atoms with Crippen LogP contribution in [0.25, 0.3) is 0 Å². The van der Waals surface area contributed by atoms with Crippen molar-refractivity contribution in [1.82, 2.24) is 0 Å². The maximum absolute atomic E-state index is 11.6. The first kappa shape index (κ1) is 22.8. The largest absolute Gasteiger partial charge is 0.463 e. The Labute approximate surface area is 161 Å². The van der Waals surface area contributed by atoms with Crippen LogP contribution in [0.4, 0.5) is 0 Å². The van der Waals surface area contributed by atoms with E-state index in [2.05, 4.69) is 5.92 Å². The Morgan fingerprint density at radius 3 is 1.89 bits per heavy atom. The molecule has 1 rings (SSSR count). The standard InChI is InChI=1S/C17H22O9S/c1-6-7-27-17-16(25-12(5)21)15(24-11(4)20)14(23-10(3)19)13(26-17)8-22-9(2)18/h1,13-17H,7-8H2,2-5H3. The summed E-state index contributed by atoms with van der Waals surface area (Å²) in [5.41, 5.74) is -0.832. The third kappa shape index (κ3) is 7.48. The molecular formula is C17H22O9S. The van der Waals surface area contributed by atoms with Crippen LogP contribution >= 0.6 is 11.8 Å². The number of thioether (sulfide) groups is 1. The average Bonchev–Trinajstić information content (AvgIpc) is 2.54. The van der Waals surface area contributed by atoms with E-state index < -0.39 is 53.7 Å². The molecule has 0 spiro atoms. The number of hydrogen-bond donors (Lipinski definition) is 0. The fraction of sp³-hybridized carbons (Fsp3) is 0.647. The summed E-state index contributed by atoms with van der Waals surface area (Å²) in [6.07, 6.45) is 0.919. The molecule has 0 aromatic carbocycles. The third-order valence-electron chi connectivity index (χ3n) is 3.28. The topological polar surface area (TPSA) is 114 Å². The van der Waals surface area contributed by atoms with E-state index >= 15 is 0 Å². The highest BCUT2D eigenvalue weighted by molar-refractivity contribution is 8.00. The summed E-state index contributed by atoms with van der Waals surface area (Å²) in [5, 5.41) is 0. The lowest BCUT2D eigenvalue weighted by molar-refractivity contribution is -0.237. The lowest BCUT2D eigenvalue weighted by Crippen LogP contribution is -2.61. The van der Waals surface area contributed by atoms with Crippen molar-refractivity contribution in [2.24, 2.45) is 0 Å². The average molecular weight is 402 g/mol. The lowest BCUT2D eigenvalue weighted by atomic mass is 9.99. The van der Waals surface area contributed by atoms with Crippen LogP contribution in [0.2, 0.25) is 0 Å².